The molecular formula is C27H30ClN3O5S. The van der Waals surface area contributed by atoms with Gasteiger partial charge in [-0.1, -0.05) is 29.8 Å². The van der Waals surface area contributed by atoms with Gasteiger partial charge in [0.25, 0.3) is 0 Å². The number of thiophene rings is 1. The van der Waals surface area contributed by atoms with Crippen molar-refractivity contribution in [1.82, 2.24) is 9.80 Å². The number of urea groups is 1. The van der Waals surface area contributed by atoms with Crippen molar-refractivity contribution in [3.8, 4) is 11.5 Å². The fourth-order valence-electron chi connectivity index (χ4n) is 4.26. The molecular weight excluding hydrogens is 514 g/mol. The lowest BCUT2D eigenvalue weighted by molar-refractivity contribution is -0.135. The summed E-state index contributed by atoms with van der Waals surface area (Å²) < 4.78 is 16.7. The molecule has 1 aliphatic heterocycles. The van der Waals surface area contributed by atoms with Crippen LogP contribution in [0.15, 0.2) is 60.0 Å². The molecule has 1 aliphatic rings. The van der Waals surface area contributed by atoms with Crippen LogP contribution in [0.1, 0.15) is 16.5 Å². The highest BCUT2D eigenvalue weighted by Gasteiger charge is 2.33. The number of nitrogens with one attached hydrogen (secondary N) is 1. The Bertz CT molecular complexity index is 1220. The Balaban J connectivity index is 1.50. The van der Waals surface area contributed by atoms with Gasteiger partial charge in [0.05, 0.1) is 19.8 Å². The number of benzene rings is 2. The molecule has 0 saturated heterocycles. The fourth-order valence-corrected chi connectivity index (χ4v) is 5.38. The average molecular weight is 544 g/mol. The topological polar surface area (TPSA) is 80.3 Å². The molecule has 0 spiro atoms. The maximum Gasteiger partial charge on any atom is 0.322 e. The molecule has 3 aromatic rings. The number of fused-ring (bicyclic) bond motifs is 1. The fraction of sp³-hybridized carbons (Fsp3) is 0.333. The van der Waals surface area contributed by atoms with Crippen molar-refractivity contribution in [1.29, 1.82) is 0 Å². The predicted octanol–water partition coefficient (Wildman–Crippen LogP) is 5.10. The van der Waals surface area contributed by atoms with E-state index in [1.165, 1.54) is 9.78 Å². The van der Waals surface area contributed by atoms with Gasteiger partial charge in [-0.25, -0.2) is 4.79 Å². The van der Waals surface area contributed by atoms with Crippen molar-refractivity contribution >= 4 is 40.6 Å². The standard InChI is InChI=1S/C27H30ClN3O5S/c1-34-14-13-30(27(33)29-20-7-5-6-19(28)16-20)17-26(32)31-12-10-25-21(11-15-37-25)22(31)18-36-24-9-4-3-8-23(24)35-2/h3-9,11,15-16,22H,10,12-14,17-18H2,1-2H3,(H,29,33). The van der Waals surface area contributed by atoms with Crippen LogP contribution < -0.4 is 14.8 Å². The third-order valence-electron chi connectivity index (χ3n) is 6.14. The van der Waals surface area contributed by atoms with Gasteiger partial charge in [0.1, 0.15) is 13.2 Å². The second-order valence-electron chi connectivity index (χ2n) is 8.47. The first-order chi connectivity index (χ1) is 18.0. The van der Waals surface area contributed by atoms with Crippen LogP contribution in [0.2, 0.25) is 5.02 Å². The molecule has 1 atom stereocenters. The van der Waals surface area contributed by atoms with Crippen molar-refractivity contribution in [2.45, 2.75) is 12.5 Å². The maximum atomic E-state index is 13.6. The van der Waals surface area contributed by atoms with Gasteiger partial charge in [0.15, 0.2) is 11.5 Å². The van der Waals surface area contributed by atoms with Crippen molar-refractivity contribution in [2.24, 2.45) is 0 Å². The molecule has 1 aromatic heterocycles. The number of hydrogen-bond donors (Lipinski definition) is 1. The third kappa shape index (κ3) is 6.74. The van der Waals surface area contributed by atoms with Gasteiger partial charge < -0.3 is 29.3 Å². The Morgan fingerprint density at radius 1 is 1.14 bits per heavy atom. The van der Waals surface area contributed by atoms with Crippen molar-refractivity contribution in [3.63, 3.8) is 0 Å². The van der Waals surface area contributed by atoms with E-state index in [1.807, 2.05) is 35.7 Å². The number of carbonyl (C=O) groups excluding carboxylic acids is 2. The molecule has 37 heavy (non-hydrogen) atoms. The van der Waals surface area contributed by atoms with E-state index >= 15 is 0 Å². The molecule has 0 radical (unpaired) electrons. The van der Waals surface area contributed by atoms with E-state index in [2.05, 4.69) is 5.32 Å². The summed E-state index contributed by atoms with van der Waals surface area (Å²) in [5.41, 5.74) is 1.63. The second-order valence-corrected chi connectivity index (χ2v) is 9.91. The van der Waals surface area contributed by atoms with Crippen LogP contribution in [0.5, 0.6) is 11.5 Å². The van der Waals surface area contributed by atoms with Crippen LogP contribution in [-0.4, -0.2) is 68.8 Å². The summed E-state index contributed by atoms with van der Waals surface area (Å²) in [4.78, 5) is 31.2. The molecule has 0 aliphatic carbocycles. The highest BCUT2D eigenvalue weighted by molar-refractivity contribution is 7.10. The SMILES string of the molecule is COCCN(CC(=O)N1CCc2sccc2C1COc1ccccc1OC)C(=O)Nc1cccc(Cl)c1. The van der Waals surface area contributed by atoms with Crippen LogP contribution >= 0.6 is 22.9 Å². The average Bonchev–Trinajstić information content (AvgIpc) is 3.39. The normalized spacial score (nSPS) is 14.6. The zero-order chi connectivity index (χ0) is 26.2. The van der Waals surface area contributed by atoms with E-state index in [0.717, 1.165) is 12.0 Å². The van der Waals surface area contributed by atoms with Crippen molar-refractivity contribution in [2.75, 3.05) is 52.4 Å². The molecule has 1 unspecified atom stereocenters. The number of nitrogens with zero attached hydrogens (tertiary/aromatic N) is 2. The minimum atomic E-state index is -0.400. The molecule has 8 nitrogen and oxygen atoms in total. The van der Waals surface area contributed by atoms with E-state index in [0.29, 0.717) is 35.4 Å². The van der Waals surface area contributed by atoms with E-state index in [9.17, 15) is 9.59 Å². The molecule has 3 amide bonds. The summed E-state index contributed by atoms with van der Waals surface area (Å²) in [6.45, 7) is 1.27. The minimum Gasteiger partial charge on any atom is -0.493 e. The van der Waals surface area contributed by atoms with Crippen molar-refractivity contribution < 1.29 is 23.8 Å². The van der Waals surface area contributed by atoms with E-state index < -0.39 is 6.03 Å². The highest BCUT2D eigenvalue weighted by atomic mass is 35.5. The number of amides is 3. The number of anilines is 1. The van der Waals surface area contributed by atoms with Gasteiger partial charge in [0, 0.05) is 35.8 Å². The molecule has 1 N–H and O–H groups in total. The first-order valence-electron chi connectivity index (χ1n) is 11.9. The second kappa shape index (κ2) is 12.8. The summed E-state index contributed by atoms with van der Waals surface area (Å²) in [6.07, 6.45) is 0.761. The lowest BCUT2D eigenvalue weighted by Gasteiger charge is -2.37. The maximum absolute atomic E-state index is 13.6. The van der Waals surface area contributed by atoms with Crippen LogP contribution in [0, 0.1) is 0 Å². The number of ether oxygens (including phenoxy) is 3. The summed E-state index contributed by atoms with van der Waals surface area (Å²) in [7, 11) is 3.15. The lowest BCUT2D eigenvalue weighted by Crippen LogP contribution is -2.49. The Morgan fingerprint density at radius 3 is 2.70 bits per heavy atom. The zero-order valence-electron chi connectivity index (χ0n) is 20.8. The Morgan fingerprint density at radius 2 is 1.95 bits per heavy atom. The van der Waals surface area contributed by atoms with Crippen LogP contribution in [-0.2, 0) is 16.0 Å². The van der Waals surface area contributed by atoms with Gasteiger partial charge in [-0.2, -0.15) is 0 Å². The predicted molar refractivity (Wildman–Crippen MR) is 145 cm³/mol. The minimum absolute atomic E-state index is 0.0968. The van der Waals surface area contributed by atoms with E-state index in [4.69, 9.17) is 25.8 Å². The van der Waals surface area contributed by atoms with Crippen molar-refractivity contribution in [3.05, 3.63) is 75.4 Å². The number of methoxy groups -OCH3 is 2. The monoisotopic (exact) mass is 543 g/mol. The Labute approximate surface area is 225 Å². The van der Waals surface area contributed by atoms with Gasteiger partial charge in [0.2, 0.25) is 5.91 Å². The van der Waals surface area contributed by atoms with E-state index in [-0.39, 0.29) is 31.6 Å². The largest absolute Gasteiger partial charge is 0.493 e. The van der Waals surface area contributed by atoms with Crippen LogP contribution in [0.3, 0.4) is 0 Å². The number of halogens is 1. The van der Waals surface area contributed by atoms with Gasteiger partial charge in [-0.15, -0.1) is 11.3 Å². The summed E-state index contributed by atoms with van der Waals surface area (Å²) in [6, 6.07) is 15.7. The molecule has 4 rings (SSSR count). The molecule has 0 saturated carbocycles. The third-order valence-corrected chi connectivity index (χ3v) is 7.37. The quantitative estimate of drug-likeness (QED) is 0.385. The summed E-state index contributed by atoms with van der Waals surface area (Å²) >= 11 is 7.74. The number of carbonyl (C=O) groups is 2. The molecule has 2 heterocycles. The van der Waals surface area contributed by atoms with Gasteiger partial charge in [-0.05, 0) is 53.8 Å². The number of rotatable bonds is 10. The lowest BCUT2D eigenvalue weighted by atomic mass is 10.0. The van der Waals surface area contributed by atoms with Crippen LogP contribution in [0.4, 0.5) is 10.5 Å². The molecule has 196 valence electrons. The summed E-state index contributed by atoms with van der Waals surface area (Å²) in [5.74, 6) is 1.08. The van der Waals surface area contributed by atoms with Gasteiger partial charge in [-0.3, -0.25) is 4.79 Å². The zero-order valence-corrected chi connectivity index (χ0v) is 22.4. The first-order valence-corrected chi connectivity index (χ1v) is 13.2. The number of para-hydroxylation sites is 2. The first kappa shape index (κ1) is 26.8. The molecule has 0 bridgehead atoms. The molecule has 2 aromatic carbocycles. The highest BCUT2D eigenvalue weighted by Crippen LogP contribution is 2.35. The molecule has 0 fully saturated rings. The number of hydrogen-bond acceptors (Lipinski definition) is 6. The smallest absolute Gasteiger partial charge is 0.322 e. The van der Waals surface area contributed by atoms with Crippen LogP contribution in [0.25, 0.3) is 0 Å². The Kier molecular flexibility index (Phi) is 9.27. The molecule has 10 heteroatoms. The Hall–Kier alpha value is -3.27. The van der Waals surface area contributed by atoms with E-state index in [1.54, 1.807) is 54.7 Å². The van der Waals surface area contributed by atoms with Gasteiger partial charge >= 0.3 is 6.03 Å². The summed E-state index contributed by atoms with van der Waals surface area (Å²) in [5, 5.41) is 5.37.